The van der Waals surface area contributed by atoms with Crippen LogP contribution in [0.4, 0.5) is 0 Å². The third-order valence-corrected chi connectivity index (χ3v) is 17.4. The van der Waals surface area contributed by atoms with Crippen LogP contribution in [0.3, 0.4) is 0 Å². The molecule has 1 saturated heterocycles. The Morgan fingerprint density at radius 1 is 0.848 bits per heavy atom. The minimum Gasteiger partial charge on any atom is -0.497 e. The second-order valence-electron chi connectivity index (χ2n) is 15.3. The van der Waals surface area contributed by atoms with Crippen molar-refractivity contribution in [1.82, 2.24) is 24.4 Å². The first-order valence-corrected chi connectivity index (χ1v) is 25.6. The predicted octanol–water partition coefficient (Wildman–Crippen LogP) is 8.86. The zero-order valence-corrected chi connectivity index (χ0v) is 38.9. The van der Waals surface area contributed by atoms with Crippen molar-refractivity contribution in [1.29, 1.82) is 0 Å². The molecule has 1 aliphatic heterocycles. The Morgan fingerprint density at radius 2 is 1.47 bits per heavy atom. The Bertz CT molecular complexity index is 2790. The molecule has 0 unspecified atom stereocenters. The zero-order chi connectivity index (χ0) is 46.1. The normalized spacial score (nSPS) is 16.2. The monoisotopic (exact) mass is 945 g/mol. The van der Waals surface area contributed by atoms with E-state index in [4.69, 9.17) is 23.5 Å². The molecule has 0 radical (unpaired) electrons. The van der Waals surface area contributed by atoms with Crippen LogP contribution in [-0.2, 0) is 30.7 Å². The molecule has 5 aromatic carbocycles. The van der Waals surface area contributed by atoms with E-state index in [0.29, 0.717) is 52.4 Å². The highest BCUT2D eigenvalue weighted by atomic mass is 33.1. The summed E-state index contributed by atoms with van der Waals surface area (Å²) < 4.78 is 50.6. The number of imidazole rings is 1. The van der Waals surface area contributed by atoms with Gasteiger partial charge in [-0.2, -0.15) is 0 Å². The van der Waals surface area contributed by atoms with Crippen molar-refractivity contribution in [2.75, 3.05) is 27.4 Å². The van der Waals surface area contributed by atoms with E-state index in [-0.39, 0.29) is 18.9 Å². The number of hydrogen-bond acceptors (Lipinski definition) is 12. The van der Waals surface area contributed by atoms with Crippen LogP contribution >= 0.6 is 28.5 Å². The van der Waals surface area contributed by atoms with Gasteiger partial charge in [0.15, 0.2) is 0 Å². The molecule has 7 aromatic rings. The Hall–Kier alpha value is -6.13. The number of aromatic amines is 1. The van der Waals surface area contributed by atoms with Gasteiger partial charge in [0.05, 0.1) is 33.3 Å². The summed E-state index contributed by atoms with van der Waals surface area (Å²) in [6.45, 7) is 2.34. The lowest BCUT2D eigenvalue weighted by atomic mass is 9.79. The molecule has 17 heteroatoms. The minimum atomic E-state index is -3.72. The molecule has 0 spiro atoms. The van der Waals surface area contributed by atoms with E-state index < -0.39 is 41.1 Å². The summed E-state index contributed by atoms with van der Waals surface area (Å²) >= 11 is 2.25. The lowest BCUT2D eigenvalue weighted by Crippen LogP contribution is -2.38. The second-order valence-corrected chi connectivity index (χ2v) is 22.4. The lowest BCUT2D eigenvalue weighted by molar-refractivity contribution is -0.0909. The number of nitrogens with one attached hydrogen (secondary N) is 2. The maximum absolute atomic E-state index is 15.3. The van der Waals surface area contributed by atoms with E-state index in [2.05, 4.69) is 15.3 Å². The smallest absolute Gasteiger partial charge is 0.330 e. The van der Waals surface area contributed by atoms with Crippen LogP contribution in [0, 0.1) is 6.92 Å². The van der Waals surface area contributed by atoms with E-state index in [0.717, 1.165) is 32.6 Å². The van der Waals surface area contributed by atoms with Crippen LogP contribution in [0.25, 0.3) is 0 Å². The van der Waals surface area contributed by atoms with Crippen LogP contribution in [-0.4, -0.2) is 64.6 Å². The van der Waals surface area contributed by atoms with Gasteiger partial charge < -0.3 is 33.4 Å². The van der Waals surface area contributed by atoms with E-state index >= 15 is 4.57 Å². The van der Waals surface area contributed by atoms with Crippen molar-refractivity contribution in [3.8, 4) is 11.5 Å². The van der Waals surface area contributed by atoms with Gasteiger partial charge in [-0.25, -0.2) is 9.78 Å². The Labute approximate surface area is 389 Å². The summed E-state index contributed by atoms with van der Waals surface area (Å²) in [5.74, 6) is -2.77. The zero-order valence-electron chi connectivity index (χ0n) is 36.4. The Morgan fingerprint density at radius 3 is 2.05 bits per heavy atom. The first-order chi connectivity index (χ1) is 32.1. The van der Waals surface area contributed by atoms with Gasteiger partial charge >= 0.3 is 11.5 Å². The summed E-state index contributed by atoms with van der Waals surface area (Å²) in [4.78, 5) is 47.6. The third-order valence-electron chi connectivity index (χ3n) is 11.0. The quantitative estimate of drug-likeness (QED) is 0.0586. The van der Waals surface area contributed by atoms with Crippen molar-refractivity contribution >= 4 is 34.4 Å². The molecule has 3 heterocycles. The molecular weight excluding hydrogens is 898 g/mol. The van der Waals surface area contributed by atoms with Gasteiger partial charge in [0.1, 0.15) is 29.4 Å². The molecule has 2 N–H and O–H groups in total. The van der Waals surface area contributed by atoms with E-state index in [1.807, 2.05) is 132 Å². The standard InChI is InChI=1S/C49H48N5O9PS2/c1-34-31-54(48(57)52-46(34)55)45-30-43(63-64(58,65-41-13-6-4-7-14-41)66-42-15-8-5-9-16-42)44(62-45)32-61-49(36-17-21-39(59-2)22-18-36,37-19-23-40(60-3)24-20-37)38-12-10-11-35(29-38)47(56)51-26-28-53-27-25-50-33-53/h4-25,27,29,31,33,43-45H,26,28,30,32H2,1-3H3,(H,51,56)(H,52,55,57)/t43-,44+,45+/m0/s1. The number of amides is 1. The maximum Gasteiger partial charge on any atom is 0.330 e. The number of benzene rings is 5. The van der Waals surface area contributed by atoms with Gasteiger partial charge in [0.2, 0.25) is 0 Å². The predicted molar refractivity (Wildman–Crippen MR) is 254 cm³/mol. The molecule has 3 atom stereocenters. The number of methoxy groups -OCH3 is 2. The number of nitrogens with zero attached hydrogens (tertiary/aromatic N) is 3. The topological polar surface area (TPSA) is 165 Å². The molecule has 14 nitrogen and oxygen atoms in total. The molecule has 0 saturated carbocycles. The Balaban J connectivity index is 1.21. The second kappa shape index (κ2) is 21.0. The van der Waals surface area contributed by atoms with Crippen molar-refractivity contribution in [3.05, 3.63) is 207 Å². The average molecular weight is 946 g/mol. The summed E-state index contributed by atoms with van der Waals surface area (Å²) in [6.07, 6.45) is 3.98. The largest absolute Gasteiger partial charge is 0.497 e. The van der Waals surface area contributed by atoms with Crippen molar-refractivity contribution in [3.63, 3.8) is 0 Å². The lowest BCUT2D eigenvalue weighted by Gasteiger charge is -2.37. The molecule has 0 aliphatic carbocycles. The molecule has 1 aliphatic rings. The van der Waals surface area contributed by atoms with Gasteiger partial charge in [0, 0.05) is 59.0 Å². The van der Waals surface area contributed by atoms with E-state index in [9.17, 15) is 14.4 Å². The molecule has 0 bridgehead atoms. The molecule has 1 fully saturated rings. The maximum atomic E-state index is 15.3. The highest BCUT2D eigenvalue weighted by Gasteiger charge is 2.46. The molecule has 1 amide bonds. The fraction of sp³-hybridized carbons (Fsp3) is 0.224. The molecular formula is C49H48N5O9PS2. The van der Waals surface area contributed by atoms with Gasteiger partial charge in [0.25, 0.3) is 11.5 Å². The van der Waals surface area contributed by atoms with Crippen LogP contribution in [0.5, 0.6) is 11.5 Å². The highest BCUT2D eigenvalue weighted by Crippen LogP contribution is 2.75. The van der Waals surface area contributed by atoms with Crippen LogP contribution < -0.4 is 26.0 Å². The number of aromatic nitrogens is 4. The summed E-state index contributed by atoms with van der Waals surface area (Å²) in [5, 5.41) is 3.02. The number of rotatable bonds is 19. The van der Waals surface area contributed by atoms with E-state index in [1.54, 1.807) is 45.8 Å². The fourth-order valence-corrected chi connectivity index (χ4v) is 14.6. The molecule has 2 aromatic heterocycles. The number of ether oxygens (including phenoxy) is 4. The third kappa shape index (κ3) is 10.8. The Kier molecular flexibility index (Phi) is 14.8. The summed E-state index contributed by atoms with van der Waals surface area (Å²) in [6, 6.07) is 40.9. The number of hydrogen-bond donors (Lipinski definition) is 2. The molecule has 66 heavy (non-hydrogen) atoms. The summed E-state index contributed by atoms with van der Waals surface area (Å²) in [5.41, 5.74) is 0.102. The van der Waals surface area contributed by atoms with Crippen LogP contribution in [0.1, 0.15) is 45.3 Å². The van der Waals surface area contributed by atoms with Crippen molar-refractivity contribution in [2.24, 2.45) is 0 Å². The number of aryl methyl sites for hydroxylation is 1. The SMILES string of the molecule is COc1ccc(C(OC[C@H]2O[C@@H](n3cc(C)c(=O)[nH]c3=O)C[C@@H]2OP(=O)(Sc2ccccc2)Sc2ccccc2)(c2ccc(OC)cc2)c2cccc(C(=O)NCCn3ccnc3)c2)cc1. The first-order valence-electron chi connectivity index (χ1n) is 21.1. The van der Waals surface area contributed by atoms with Crippen LogP contribution in [0.2, 0.25) is 0 Å². The molecule has 8 rings (SSSR count). The van der Waals surface area contributed by atoms with Gasteiger partial charge in [-0.1, -0.05) is 72.8 Å². The highest BCUT2D eigenvalue weighted by molar-refractivity contribution is 8.89. The van der Waals surface area contributed by atoms with Gasteiger partial charge in [-0.3, -0.25) is 23.7 Å². The number of H-pyrrole nitrogens is 1. The first kappa shape index (κ1) is 46.4. The number of carbonyl (C=O) groups is 1. The molecule has 340 valence electrons. The minimum absolute atomic E-state index is 0.0842. The number of carbonyl (C=O) groups excluding carboxylic acids is 1. The van der Waals surface area contributed by atoms with Crippen molar-refractivity contribution in [2.45, 2.75) is 53.7 Å². The fourth-order valence-electron chi connectivity index (χ4n) is 7.69. The van der Waals surface area contributed by atoms with Gasteiger partial charge in [-0.05, 0) is 107 Å². The van der Waals surface area contributed by atoms with E-state index in [1.165, 1.54) is 10.8 Å². The van der Waals surface area contributed by atoms with Gasteiger partial charge in [-0.15, -0.1) is 0 Å². The van der Waals surface area contributed by atoms with Crippen LogP contribution in [0.15, 0.2) is 178 Å². The van der Waals surface area contributed by atoms with Crippen molar-refractivity contribution < 1.29 is 32.8 Å². The summed E-state index contributed by atoms with van der Waals surface area (Å²) in [7, 11) is 3.18. The average Bonchev–Trinajstić information content (AvgIpc) is 4.01.